The molecule has 1 aromatic carbocycles. The molecule has 19 heavy (non-hydrogen) atoms. The summed E-state index contributed by atoms with van der Waals surface area (Å²) >= 11 is 12.2. The van der Waals surface area contributed by atoms with E-state index in [0.29, 0.717) is 22.4 Å². The highest BCUT2D eigenvalue weighted by molar-refractivity contribution is 6.42. The maximum absolute atomic E-state index is 10.5. The highest BCUT2D eigenvalue weighted by Crippen LogP contribution is 2.70. The summed E-state index contributed by atoms with van der Waals surface area (Å²) in [7, 11) is 0. The van der Waals surface area contributed by atoms with Gasteiger partial charge < -0.3 is 5.11 Å². The number of hydrogen-bond acceptors (Lipinski definition) is 1. The molecule has 0 aliphatic heterocycles. The van der Waals surface area contributed by atoms with Gasteiger partial charge in [0.1, 0.15) is 0 Å². The van der Waals surface area contributed by atoms with Gasteiger partial charge in [0, 0.05) is 6.42 Å². The molecule has 0 amide bonds. The average molecular weight is 297 g/mol. The van der Waals surface area contributed by atoms with Crippen LogP contribution in [-0.4, -0.2) is 11.2 Å². The quantitative estimate of drug-likeness (QED) is 0.887. The van der Waals surface area contributed by atoms with Crippen LogP contribution in [0.1, 0.15) is 24.8 Å². The molecular weight excluding hydrogens is 279 g/mol. The van der Waals surface area contributed by atoms with Crippen LogP contribution in [0.25, 0.3) is 0 Å². The molecule has 1 nitrogen and oxygen atoms in total. The Balaban J connectivity index is 1.48. The fourth-order valence-electron chi connectivity index (χ4n) is 4.97. The predicted octanol–water partition coefficient (Wildman–Crippen LogP) is 4.19. The van der Waals surface area contributed by atoms with E-state index in [0.717, 1.165) is 29.2 Å². The Bertz CT molecular complexity index is 499. The van der Waals surface area contributed by atoms with Crippen LogP contribution in [-0.2, 0) is 6.42 Å². The number of aliphatic hydroxyl groups excluding tert-OH is 1. The summed E-state index contributed by atoms with van der Waals surface area (Å²) in [5, 5.41) is 11.7. The van der Waals surface area contributed by atoms with Crippen molar-refractivity contribution in [1.29, 1.82) is 0 Å². The van der Waals surface area contributed by atoms with Crippen molar-refractivity contribution in [2.45, 2.75) is 31.8 Å². The van der Waals surface area contributed by atoms with Crippen LogP contribution in [0.3, 0.4) is 0 Å². The molecule has 1 N–H and O–H groups in total. The second kappa shape index (κ2) is 4.38. The molecule has 3 aliphatic rings. The Kier molecular flexibility index (Phi) is 2.88. The molecule has 5 unspecified atom stereocenters. The van der Waals surface area contributed by atoms with Gasteiger partial charge in [0.15, 0.2) is 0 Å². The first-order valence-electron chi connectivity index (χ1n) is 7.27. The Labute approximate surface area is 123 Å². The van der Waals surface area contributed by atoms with Gasteiger partial charge in [-0.05, 0) is 60.5 Å². The van der Waals surface area contributed by atoms with E-state index >= 15 is 0 Å². The van der Waals surface area contributed by atoms with Gasteiger partial charge in [-0.25, -0.2) is 0 Å². The fraction of sp³-hybridized carbons (Fsp3) is 0.625. The Hall–Kier alpha value is -0.240. The molecule has 0 radical (unpaired) electrons. The fourth-order valence-corrected chi connectivity index (χ4v) is 5.37. The molecule has 102 valence electrons. The zero-order valence-electron chi connectivity index (χ0n) is 10.7. The summed E-state index contributed by atoms with van der Waals surface area (Å²) in [6.07, 6.45) is 4.63. The normalized spacial score (nSPS) is 40.3. The van der Waals surface area contributed by atoms with Gasteiger partial charge in [-0.2, -0.15) is 0 Å². The molecule has 4 rings (SSSR count). The third kappa shape index (κ3) is 1.86. The smallest absolute Gasteiger partial charge is 0.0625 e. The minimum absolute atomic E-state index is 0.241. The lowest BCUT2D eigenvalue weighted by Gasteiger charge is -2.16. The Morgan fingerprint density at radius 3 is 2.53 bits per heavy atom. The first-order valence-corrected chi connectivity index (χ1v) is 8.03. The monoisotopic (exact) mass is 296 g/mol. The number of rotatable bonds is 3. The van der Waals surface area contributed by atoms with Crippen molar-refractivity contribution in [2.24, 2.45) is 29.6 Å². The van der Waals surface area contributed by atoms with E-state index in [4.69, 9.17) is 23.2 Å². The maximum atomic E-state index is 10.5. The average Bonchev–Trinajstić information content (AvgIpc) is 2.84. The van der Waals surface area contributed by atoms with Crippen LogP contribution in [0.4, 0.5) is 0 Å². The first-order chi connectivity index (χ1) is 9.16. The zero-order valence-corrected chi connectivity index (χ0v) is 12.2. The van der Waals surface area contributed by atoms with E-state index < -0.39 is 0 Å². The van der Waals surface area contributed by atoms with Crippen LogP contribution in [0.5, 0.6) is 0 Å². The second-order valence-corrected chi connectivity index (χ2v) is 7.33. The van der Waals surface area contributed by atoms with E-state index in [1.165, 1.54) is 19.3 Å². The third-order valence-corrected chi connectivity index (χ3v) is 6.56. The lowest BCUT2D eigenvalue weighted by Crippen LogP contribution is -2.18. The molecule has 1 aromatic rings. The molecule has 0 heterocycles. The molecule has 3 heteroatoms. The van der Waals surface area contributed by atoms with E-state index in [1.54, 1.807) is 6.07 Å². The maximum Gasteiger partial charge on any atom is 0.0625 e. The molecule has 3 aliphatic carbocycles. The van der Waals surface area contributed by atoms with Crippen molar-refractivity contribution in [3.63, 3.8) is 0 Å². The summed E-state index contributed by atoms with van der Waals surface area (Å²) in [5.41, 5.74) is 0.985. The number of fused-ring (bicyclic) bond motifs is 5. The molecular formula is C16H18Cl2O. The number of halogens is 2. The molecule has 3 fully saturated rings. The highest BCUT2D eigenvalue weighted by Gasteiger charge is 2.66. The summed E-state index contributed by atoms with van der Waals surface area (Å²) in [6.45, 7) is 0. The number of benzene rings is 1. The van der Waals surface area contributed by atoms with Gasteiger partial charge in [0.2, 0.25) is 0 Å². The van der Waals surface area contributed by atoms with E-state index in [1.807, 2.05) is 12.1 Å². The molecule has 0 saturated heterocycles. The van der Waals surface area contributed by atoms with Gasteiger partial charge in [-0.1, -0.05) is 35.3 Å². The Morgan fingerprint density at radius 2 is 1.84 bits per heavy atom. The van der Waals surface area contributed by atoms with Gasteiger partial charge >= 0.3 is 0 Å². The molecule has 0 spiro atoms. The van der Waals surface area contributed by atoms with Gasteiger partial charge in [-0.15, -0.1) is 0 Å². The van der Waals surface area contributed by atoms with Crippen LogP contribution < -0.4 is 0 Å². The summed E-state index contributed by atoms with van der Waals surface area (Å²) in [5.74, 6) is 3.97. The minimum atomic E-state index is -0.241. The lowest BCUT2D eigenvalue weighted by atomic mass is 9.95. The van der Waals surface area contributed by atoms with Crippen molar-refractivity contribution in [1.82, 2.24) is 0 Å². The van der Waals surface area contributed by atoms with Crippen molar-refractivity contribution < 1.29 is 5.11 Å². The standard InChI is InChI=1S/C16H18Cl2O/c17-11-3-1-2-10(16(11)18)7-12(19)15-13-8-4-5-9(6-8)14(13)15/h1-3,8-9,12-15,19H,4-7H2. The van der Waals surface area contributed by atoms with Crippen molar-refractivity contribution in [3.8, 4) is 0 Å². The molecule has 0 aromatic heterocycles. The molecule has 3 saturated carbocycles. The number of aliphatic hydroxyl groups is 1. The van der Waals surface area contributed by atoms with Crippen molar-refractivity contribution in [3.05, 3.63) is 33.8 Å². The van der Waals surface area contributed by atoms with Crippen LogP contribution in [0, 0.1) is 29.6 Å². The summed E-state index contributed by atoms with van der Waals surface area (Å²) in [6, 6.07) is 5.68. The van der Waals surface area contributed by atoms with Gasteiger partial charge in [0.05, 0.1) is 16.1 Å². The topological polar surface area (TPSA) is 20.2 Å². The van der Waals surface area contributed by atoms with Gasteiger partial charge in [0.25, 0.3) is 0 Å². The first kappa shape index (κ1) is 12.5. The highest BCUT2D eigenvalue weighted by atomic mass is 35.5. The van der Waals surface area contributed by atoms with Crippen LogP contribution in [0.2, 0.25) is 10.0 Å². The zero-order chi connectivity index (χ0) is 13.1. The van der Waals surface area contributed by atoms with Crippen LogP contribution >= 0.6 is 23.2 Å². The lowest BCUT2D eigenvalue weighted by molar-refractivity contribution is 0.129. The van der Waals surface area contributed by atoms with Crippen molar-refractivity contribution >= 4 is 23.2 Å². The van der Waals surface area contributed by atoms with E-state index in [9.17, 15) is 5.11 Å². The van der Waals surface area contributed by atoms with Crippen molar-refractivity contribution in [2.75, 3.05) is 0 Å². The van der Waals surface area contributed by atoms with E-state index in [2.05, 4.69) is 0 Å². The predicted molar refractivity (Wildman–Crippen MR) is 77.5 cm³/mol. The van der Waals surface area contributed by atoms with Gasteiger partial charge in [-0.3, -0.25) is 0 Å². The second-order valence-electron chi connectivity index (χ2n) is 6.55. The summed E-state index contributed by atoms with van der Waals surface area (Å²) < 4.78 is 0. The SMILES string of the molecule is OC(Cc1cccc(Cl)c1Cl)C1C2C3CCC(C3)C12. The third-order valence-electron chi connectivity index (χ3n) is 5.70. The van der Waals surface area contributed by atoms with E-state index in [-0.39, 0.29) is 6.10 Å². The largest absolute Gasteiger partial charge is 0.392 e. The van der Waals surface area contributed by atoms with Crippen LogP contribution in [0.15, 0.2) is 18.2 Å². The molecule has 5 atom stereocenters. The summed E-state index contributed by atoms with van der Waals surface area (Å²) in [4.78, 5) is 0. The Morgan fingerprint density at radius 1 is 1.16 bits per heavy atom. The minimum Gasteiger partial charge on any atom is -0.392 e. The number of hydrogen-bond donors (Lipinski definition) is 1. The molecule has 2 bridgehead atoms.